The maximum Gasteiger partial charge on any atom is 0.291 e. The first-order valence-corrected chi connectivity index (χ1v) is 12.1. The summed E-state index contributed by atoms with van der Waals surface area (Å²) < 4.78 is 3.81. The average molecular weight is 476 g/mol. The van der Waals surface area contributed by atoms with Crippen LogP contribution in [0.5, 0.6) is 0 Å². The Kier molecular flexibility index (Phi) is 5.12. The van der Waals surface area contributed by atoms with E-state index in [-0.39, 0.29) is 5.56 Å². The van der Waals surface area contributed by atoms with Crippen LogP contribution in [0.25, 0.3) is 39.4 Å². The summed E-state index contributed by atoms with van der Waals surface area (Å²) in [6, 6.07) is 26.1. The van der Waals surface area contributed by atoms with Crippen LogP contribution >= 0.6 is 11.3 Å². The van der Waals surface area contributed by atoms with E-state index in [2.05, 4.69) is 41.3 Å². The van der Waals surface area contributed by atoms with Crippen molar-refractivity contribution in [1.82, 2.24) is 24.4 Å². The van der Waals surface area contributed by atoms with Gasteiger partial charge >= 0.3 is 0 Å². The number of aryl methyl sites for hydroxylation is 2. The fourth-order valence-corrected chi connectivity index (χ4v) is 4.95. The molecule has 0 atom stereocenters. The summed E-state index contributed by atoms with van der Waals surface area (Å²) in [6.45, 7) is 4.07. The fraction of sp³-hybridized carbons (Fsp3) is 0.0714. The molecular weight excluding hydrogens is 454 g/mol. The Hall–Kier alpha value is -4.36. The third-order valence-electron chi connectivity index (χ3n) is 5.94. The molecule has 0 bridgehead atoms. The van der Waals surface area contributed by atoms with Gasteiger partial charge in [-0.3, -0.25) is 4.79 Å². The molecule has 170 valence electrons. The van der Waals surface area contributed by atoms with Crippen molar-refractivity contribution in [3.8, 4) is 28.3 Å². The van der Waals surface area contributed by atoms with E-state index in [4.69, 9.17) is 5.10 Å². The number of fused-ring (bicyclic) bond motifs is 1. The van der Waals surface area contributed by atoms with Gasteiger partial charge in [0.15, 0.2) is 5.82 Å². The summed E-state index contributed by atoms with van der Waals surface area (Å²) in [5, 5.41) is 9.37. The van der Waals surface area contributed by atoms with Crippen molar-refractivity contribution in [3.63, 3.8) is 0 Å². The molecule has 3 heterocycles. The first-order valence-electron chi connectivity index (χ1n) is 11.3. The van der Waals surface area contributed by atoms with Gasteiger partial charge in [-0.05, 0) is 37.6 Å². The molecule has 0 saturated carbocycles. The van der Waals surface area contributed by atoms with Gasteiger partial charge in [0.1, 0.15) is 0 Å². The number of thiazole rings is 1. The third-order valence-corrected chi connectivity index (χ3v) is 6.90. The summed E-state index contributed by atoms with van der Waals surface area (Å²) in [5.41, 5.74) is 6.61. The summed E-state index contributed by atoms with van der Waals surface area (Å²) in [4.78, 5) is 18.5. The molecule has 0 amide bonds. The molecule has 0 aliphatic heterocycles. The normalized spacial score (nSPS) is 12.0. The minimum absolute atomic E-state index is 0.181. The Labute approximate surface area is 205 Å². The Morgan fingerprint density at radius 1 is 0.857 bits per heavy atom. The van der Waals surface area contributed by atoms with Crippen LogP contribution < -0.4 is 10.1 Å². The van der Waals surface area contributed by atoms with Crippen LogP contribution in [-0.4, -0.2) is 24.4 Å². The average Bonchev–Trinajstić information content (AvgIpc) is 3.56. The second-order valence-electron chi connectivity index (χ2n) is 8.44. The minimum Gasteiger partial charge on any atom is -0.266 e. The quantitative estimate of drug-likeness (QED) is 0.366. The predicted molar refractivity (Wildman–Crippen MR) is 140 cm³/mol. The number of rotatable bonds is 4. The lowest BCUT2D eigenvalue weighted by molar-refractivity contribution is 0.884. The summed E-state index contributed by atoms with van der Waals surface area (Å²) >= 11 is 1.34. The van der Waals surface area contributed by atoms with Gasteiger partial charge in [-0.1, -0.05) is 83.6 Å². The molecule has 6 nitrogen and oxygen atoms in total. The lowest BCUT2D eigenvalue weighted by Crippen LogP contribution is -2.23. The van der Waals surface area contributed by atoms with E-state index >= 15 is 0 Å². The molecule has 0 N–H and O–H groups in total. The van der Waals surface area contributed by atoms with Crippen LogP contribution in [0.4, 0.5) is 0 Å². The first-order chi connectivity index (χ1) is 17.1. The lowest BCUT2D eigenvalue weighted by atomic mass is 10.1. The highest BCUT2D eigenvalue weighted by Crippen LogP contribution is 2.25. The van der Waals surface area contributed by atoms with Crippen LogP contribution in [0, 0.1) is 13.8 Å². The van der Waals surface area contributed by atoms with Crippen LogP contribution in [-0.2, 0) is 0 Å². The Balaban J connectivity index is 1.50. The van der Waals surface area contributed by atoms with Gasteiger partial charge in [0.05, 0.1) is 15.9 Å². The zero-order chi connectivity index (χ0) is 23.9. The summed E-state index contributed by atoms with van der Waals surface area (Å²) in [7, 11) is 0. The van der Waals surface area contributed by atoms with Gasteiger partial charge in [0.2, 0.25) is 4.96 Å². The largest absolute Gasteiger partial charge is 0.291 e. The standard InChI is InChI=1S/C28H21N5OS/c1-18-12-14-20(15-13-18)25-21(17-32(30-25)22-9-4-3-5-10-22)16-24-27(34)33-28(35-24)29-26(31-33)23-11-7-6-8-19(23)2/h3-17H,1-2H3/b24-16-. The van der Waals surface area contributed by atoms with E-state index in [1.165, 1.54) is 21.4 Å². The van der Waals surface area contributed by atoms with E-state index in [0.29, 0.717) is 15.3 Å². The molecule has 3 aromatic carbocycles. The van der Waals surface area contributed by atoms with Crippen molar-refractivity contribution in [1.29, 1.82) is 0 Å². The van der Waals surface area contributed by atoms with Gasteiger partial charge in [0, 0.05) is 22.9 Å². The van der Waals surface area contributed by atoms with Gasteiger partial charge in [0.25, 0.3) is 5.56 Å². The van der Waals surface area contributed by atoms with E-state index in [9.17, 15) is 4.79 Å². The minimum atomic E-state index is -0.181. The molecule has 0 saturated heterocycles. The van der Waals surface area contributed by atoms with Crippen LogP contribution in [0.1, 0.15) is 16.7 Å². The maximum absolute atomic E-state index is 13.2. The molecule has 0 aliphatic rings. The van der Waals surface area contributed by atoms with Crippen LogP contribution in [0.15, 0.2) is 89.9 Å². The zero-order valence-electron chi connectivity index (χ0n) is 19.2. The molecule has 6 aromatic rings. The number of para-hydroxylation sites is 1. The summed E-state index contributed by atoms with van der Waals surface area (Å²) in [5.74, 6) is 0.565. The SMILES string of the molecule is Cc1ccc(-c2nn(-c3ccccc3)cc2/C=c2\sc3nc(-c4ccccc4C)nn3c2=O)cc1. The highest BCUT2D eigenvalue weighted by molar-refractivity contribution is 7.15. The molecule has 0 aliphatic carbocycles. The van der Waals surface area contributed by atoms with Crippen molar-refractivity contribution in [2.24, 2.45) is 0 Å². The topological polar surface area (TPSA) is 65.1 Å². The van der Waals surface area contributed by atoms with Gasteiger partial charge in [-0.2, -0.15) is 14.6 Å². The Morgan fingerprint density at radius 2 is 1.60 bits per heavy atom. The van der Waals surface area contributed by atoms with Gasteiger partial charge in [-0.25, -0.2) is 4.68 Å². The third kappa shape index (κ3) is 3.86. The molecule has 35 heavy (non-hydrogen) atoms. The van der Waals surface area contributed by atoms with Gasteiger partial charge < -0.3 is 0 Å². The van der Waals surface area contributed by atoms with Crippen molar-refractivity contribution < 1.29 is 0 Å². The summed E-state index contributed by atoms with van der Waals surface area (Å²) in [6.07, 6.45) is 3.84. The number of aromatic nitrogens is 5. The molecule has 7 heteroatoms. The molecule has 6 rings (SSSR count). The Bertz CT molecular complexity index is 1780. The predicted octanol–water partition coefficient (Wildman–Crippen LogP) is 4.84. The number of hydrogen-bond donors (Lipinski definition) is 0. The highest BCUT2D eigenvalue weighted by atomic mass is 32.1. The molecule has 0 radical (unpaired) electrons. The number of hydrogen-bond acceptors (Lipinski definition) is 5. The number of benzene rings is 3. The Morgan fingerprint density at radius 3 is 2.34 bits per heavy atom. The van der Waals surface area contributed by atoms with Crippen molar-refractivity contribution in [2.75, 3.05) is 0 Å². The highest BCUT2D eigenvalue weighted by Gasteiger charge is 2.15. The lowest BCUT2D eigenvalue weighted by Gasteiger charge is -2.01. The molecule has 3 aromatic heterocycles. The van der Waals surface area contributed by atoms with Crippen LogP contribution in [0.2, 0.25) is 0 Å². The fourth-order valence-electron chi connectivity index (χ4n) is 4.05. The van der Waals surface area contributed by atoms with Crippen molar-refractivity contribution in [2.45, 2.75) is 13.8 Å². The number of nitrogens with zero attached hydrogens (tertiary/aromatic N) is 5. The van der Waals surface area contributed by atoms with Gasteiger partial charge in [-0.15, -0.1) is 5.10 Å². The second-order valence-corrected chi connectivity index (χ2v) is 9.45. The van der Waals surface area contributed by atoms with Crippen LogP contribution in [0.3, 0.4) is 0 Å². The van der Waals surface area contributed by atoms with Crippen molar-refractivity contribution >= 4 is 22.4 Å². The van der Waals surface area contributed by atoms with E-state index in [1.54, 1.807) is 0 Å². The second kappa shape index (κ2) is 8.45. The van der Waals surface area contributed by atoms with E-state index in [0.717, 1.165) is 33.6 Å². The van der Waals surface area contributed by atoms with Crippen molar-refractivity contribution in [3.05, 3.63) is 117 Å². The first kappa shape index (κ1) is 21.2. The monoisotopic (exact) mass is 475 g/mol. The maximum atomic E-state index is 13.2. The smallest absolute Gasteiger partial charge is 0.266 e. The molecular formula is C28H21N5OS. The van der Waals surface area contributed by atoms with E-state index < -0.39 is 0 Å². The molecule has 0 unspecified atom stereocenters. The molecule has 0 spiro atoms. The van der Waals surface area contributed by atoms with E-state index in [1.807, 2.05) is 78.5 Å². The molecule has 0 fully saturated rings. The zero-order valence-corrected chi connectivity index (χ0v) is 20.0.